The number of nitrogens with one attached hydrogen (secondary N) is 1. The zero-order chi connectivity index (χ0) is 11.5. The van der Waals surface area contributed by atoms with Crippen molar-refractivity contribution in [2.24, 2.45) is 0 Å². The molecule has 0 saturated carbocycles. The molecule has 2 amide bonds. The van der Waals surface area contributed by atoms with Gasteiger partial charge < -0.3 is 10.2 Å². The molecular formula is C11H24N2O. The van der Waals surface area contributed by atoms with Gasteiger partial charge in [0.25, 0.3) is 0 Å². The molecule has 84 valence electrons. The highest BCUT2D eigenvalue weighted by Gasteiger charge is 2.23. The quantitative estimate of drug-likeness (QED) is 0.730. The van der Waals surface area contributed by atoms with E-state index in [0.717, 1.165) is 0 Å². The number of amides is 2. The van der Waals surface area contributed by atoms with Gasteiger partial charge in [-0.3, -0.25) is 0 Å². The van der Waals surface area contributed by atoms with Crippen LogP contribution >= 0.6 is 0 Å². The monoisotopic (exact) mass is 200 g/mol. The van der Waals surface area contributed by atoms with Crippen molar-refractivity contribution in [3.8, 4) is 0 Å². The molecule has 0 fully saturated rings. The van der Waals surface area contributed by atoms with Gasteiger partial charge in [0.1, 0.15) is 0 Å². The Hall–Kier alpha value is -0.730. The molecule has 0 rings (SSSR count). The van der Waals surface area contributed by atoms with Gasteiger partial charge in [0, 0.05) is 17.6 Å². The lowest BCUT2D eigenvalue weighted by atomic mass is 10.1. The van der Waals surface area contributed by atoms with Crippen LogP contribution in [0.4, 0.5) is 4.79 Å². The van der Waals surface area contributed by atoms with E-state index in [1.807, 2.05) is 53.4 Å². The van der Waals surface area contributed by atoms with Gasteiger partial charge in [0.15, 0.2) is 0 Å². The van der Waals surface area contributed by atoms with E-state index < -0.39 is 0 Å². The minimum atomic E-state index is -0.168. The Morgan fingerprint density at radius 3 is 1.64 bits per heavy atom. The average molecular weight is 200 g/mol. The van der Waals surface area contributed by atoms with Crippen LogP contribution in [-0.2, 0) is 0 Å². The van der Waals surface area contributed by atoms with Crippen molar-refractivity contribution in [2.45, 2.75) is 66.1 Å². The van der Waals surface area contributed by atoms with Crippen molar-refractivity contribution in [2.75, 3.05) is 0 Å². The molecule has 3 nitrogen and oxygen atoms in total. The summed E-state index contributed by atoms with van der Waals surface area (Å²) in [5.41, 5.74) is -0.168. The first-order valence-electron chi connectivity index (χ1n) is 5.25. The molecule has 0 spiro atoms. The fourth-order valence-electron chi connectivity index (χ4n) is 1.45. The van der Waals surface area contributed by atoms with Gasteiger partial charge in [-0.1, -0.05) is 0 Å². The van der Waals surface area contributed by atoms with Gasteiger partial charge in [0.05, 0.1) is 0 Å². The molecule has 0 saturated heterocycles. The standard InChI is InChI=1S/C11H24N2O/c1-8(2)13(9(3)4)10(14)12-11(5,6)7/h8-9H,1-7H3,(H,12,14). The minimum absolute atomic E-state index is 0.0162. The molecule has 14 heavy (non-hydrogen) atoms. The van der Waals surface area contributed by atoms with Crippen molar-refractivity contribution in [1.29, 1.82) is 0 Å². The molecule has 3 heteroatoms. The Balaban J connectivity index is 4.47. The Morgan fingerprint density at radius 2 is 1.43 bits per heavy atom. The van der Waals surface area contributed by atoms with Gasteiger partial charge in [-0.05, 0) is 48.5 Å². The summed E-state index contributed by atoms with van der Waals surface area (Å²) in [4.78, 5) is 13.7. The highest BCUT2D eigenvalue weighted by molar-refractivity contribution is 5.75. The fraction of sp³-hybridized carbons (Fsp3) is 0.909. The first-order chi connectivity index (χ1) is 6.15. The normalized spacial score (nSPS) is 12.1. The highest BCUT2D eigenvalue weighted by atomic mass is 16.2. The molecule has 1 N–H and O–H groups in total. The van der Waals surface area contributed by atoms with Crippen LogP contribution in [0.25, 0.3) is 0 Å². The molecule has 0 unspecified atom stereocenters. The molecule has 0 bridgehead atoms. The summed E-state index contributed by atoms with van der Waals surface area (Å²) in [6.45, 7) is 14.1. The van der Waals surface area contributed by atoms with Crippen molar-refractivity contribution in [1.82, 2.24) is 10.2 Å². The minimum Gasteiger partial charge on any atom is -0.333 e. The van der Waals surface area contributed by atoms with E-state index in [4.69, 9.17) is 0 Å². The summed E-state index contributed by atoms with van der Waals surface area (Å²) in [5.74, 6) is 0. The van der Waals surface area contributed by atoms with Crippen LogP contribution in [0, 0.1) is 0 Å². The van der Waals surface area contributed by atoms with Gasteiger partial charge >= 0.3 is 6.03 Å². The smallest absolute Gasteiger partial charge is 0.318 e. The predicted octanol–water partition coefficient (Wildman–Crippen LogP) is 2.61. The average Bonchev–Trinajstić information content (AvgIpc) is 1.78. The van der Waals surface area contributed by atoms with Crippen LogP contribution in [0.1, 0.15) is 48.5 Å². The molecule has 0 aliphatic carbocycles. The number of urea groups is 1. The first kappa shape index (κ1) is 13.3. The molecule has 0 aromatic heterocycles. The Labute approximate surface area is 87.9 Å². The number of hydrogen-bond acceptors (Lipinski definition) is 1. The molecule has 0 atom stereocenters. The van der Waals surface area contributed by atoms with Crippen molar-refractivity contribution < 1.29 is 4.79 Å². The first-order valence-corrected chi connectivity index (χ1v) is 5.25. The number of nitrogens with zero attached hydrogens (tertiary/aromatic N) is 1. The Morgan fingerprint density at radius 1 is 1.07 bits per heavy atom. The number of hydrogen-bond donors (Lipinski definition) is 1. The van der Waals surface area contributed by atoms with Gasteiger partial charge in [-0.15, -0.1) is 0 Å². The predicted molar refractivity (Wildman–Crippen MR) is 60.4 cm³/mol. The molecule has 0 aromatic carbocycles. The van der Waals surface area contributed by atoms with Crippen LogP contribution in [0.5, 0.6) is 0 Å². The fourth-order valence-corrected chi connectivity index (χ4v) is 1.45. The molecule has 0 aliphatic rings. The van der Waals surface area contributed by atoms with Crippen molar-refractivity contribution in [3.05, 3.63) is 0 Å². The van der Waals surface area contributed by atoms with E-state index in [9.17, 15) is 4.79 Å². The van der Waals surface area contributed by atoms with Crippen molar-refractivity contribution >= 4 is 6.03 Å². The second kappa shape index (κ2) is 4.67. The van der Waals surface area contributed by atoms with Crippen LogP contribution in [0.3, 0.4) is 0 Å². The van der Waals surface area contributed by atoms with E-state index in [1.165, 1.54) is 0 Å². The maximum absolute atomic E-state index is 11.9. The summed E-state index contributed by atoms with van der Waals surface area (Å²) < 4.78 is 0. The third kappa shape index (κ3) is 4.49. The van der Waals surface area contributed by atoms with E-state index in [2.05, 4.69) is 5.32 Å². The maximum Gasteiger partial charge on any atom is 0.318 e. The Bertz CT molecular complexity index is 184. The second-order valence-electron chi connectivity index (χ2n) is 5.27. The largest absolute Gasteiger partial charge is 0.333 e. The van der Waals surface area contributed by atoms with Crippen LogP contribution in [0.15, 0.2) is 0 Å². The molecule has 0 radical (unpaired) electrons. The molecule has 0 aliphatic heterocycles. The van der Waals surface area contributed by atoms with Crippen LogP contribution in [-0.4, -0.2) is 28.6 Å². The second-order valence-corrected chi connectivity index (χ2v) is 5.27. The summed E-state index contributed by atoms with van der Waals surface area (Å²) in [7, 11) is 0. The maximum atomic E-state index is 11.9. The molecule has 0 aromatic rings. The summed E-state index contributed by atoms with van der Waals surface area (Å²) >= 11 is 0. The van der Waals surface area contributed by atoms with Gasteiger partial charge in [-0.2, -0.15) is 0 Å². The zero-order valence-corrected chi connectivity index (χ0v) is 10.5. The third-order valence-corrected chi connectivity index (χ3v) is 1.83. The van der Waals surface area contributed by atoms with Crippen LogP contribution < -0.4 is 5.32 Å². The third-order valence-electron chi connectivity index (χ3n) is 1.83. The number of carbonyl (C=O) groups is 1. The highest BCUT2D eigenvalue weighted by Crippen LogP contribution is 2.08. The zero-order valence-electron chi connectivity index (χ0n) is 10.5. The lowest BCUT2D eigenvalue weighted by molar-refractivity contribution is 0.157. The molecule has 0 heterocycles. The van der Waals surface area contributed by atoms with E-state index in [-0.39, 0.29) is 23.7 Å². The van der Waals surface area contributed by atoms with Gasteiger partial charge in [-0.25, -0.2) is 4.79 Å². The number of rotatable bonds is 2. The van der Waals surface area contributed by atoms with E-state index in [1.54, 1.807) is 0 Å². The molecular weight excluding hydrogens is 176 g/mol. The lowest BCUT2D eigenvalue weighted by Gasteiger charge is -2.34. The number of carbonyl (C=O) groups excluding carboxylic acids is 1. The summed E-state index contributed by atoms with van der Waals surface area (Å²) in [6.07, 6.45) is 0. The van der Waals surface area contributed by atoms with Crippen molar-refractivity contribution in [3.63, 3.8) is 0 Å². The topological polar surface area (TPSA) is 32.3 Å². The van der Waals surface area contributed by atoms with Gasteiger partial charge in [0.2, 0.25) is 0 Å². The summed E-state index contributed by atoms with van der Waals surface area (Å²) in [5, 5.41) is 2.97. The van der Waals surface area contributed by atoms with E-state index in [0.29, 0.717) is 0 Å². The lowest BCUT2D eigenvalue weighted by Crippen LogP contribution is -2.53. The SMILES string of the molecule is CC(C)N(C(=O)NC(C)(C)C)C(C)C. The Kier molecular flexibility index (Phi) is 4.43. The summed E-state index contributed by atoms with van der Waals surface area (Å²) in [6, 6.07) is 0.484. The van der Waals surface area contributed by atoms with Crippen LogP contribution in [0.2, 0.25) is 0 Å². The van der Waals surface area contributed by atoms with E-state index >= 15 is 0 Å².